The van der Waals surface area contributed by atoms with Crippen molar-refractivity contribution in [2.75, 3.05) is 0 Å². The highest BCUT2D eigenvalue weighted by atomic mass is 79.9. The zero-order valence-corrected chi connectivity index (χ0v) is 10.9. The van der Waals surface area contributed by atoms with Crippen molar-refractivity contribution < 1.29 is 0 Å². The number of nitrogens with one attached hydrogen (secondary N) is 1. The highest BCUT2D eigenvalue weighted by Crippen LogP contribution is 2.19. The largest absolute Gasteiger partial charge is 0.308 e. The van der Waals surface area contributed by atoms with Crippen molar-refractivity contribution in [2.45, 2.75) is 25.4 Å². The topological polar surface area (TPSA) is 42.7 Å². The van der Waals surface area contributed by atoms with Crippen LogP contribution in [0.4, 0.5) is 0 Å². The van der Waals surface area contributed by atoms with Crippen LogP contribution in [-0.4, -0.2) is 21.0 Å². The second kappa shape index (κ2) is 4.58. The van der Waals surface area contributed by atoms with Gasteiger partial charge in [-0.25, -0.2) is 0 Å². The maximum atomic E-state index is 4.44. The van der Waals surface area contributed by atoms with Crippen LogP contribution in [0.3, 0.4) is 0 Å². The summed E-state index contributed by atoms with van der Waals surface area (Å²) in [5, 5.41) is 12.1. The minimum atomic E-state index is 0.700. The molecule has 3 rings (SSSR count). The van der Waals surface area contributed by atoms with E-state index in [1.54, 1.807) is 4.80 Å². The molecule has 0 atom stereocenters. The van der Waals surface area contributed by atoms with Gasteiger partial charge in [0.25, 0.3) is 0 Å². The van der Waals surface area contributed by atoms with Crippen molar-refractivity contribution in [2.24, 2.45) is 0 Å². The van der Waals surface area contributed by atoms with Crippen LogP contribution in [0.1, 0.15) is 18.5 Å². The minimum Gasteiger partial charge on any atom is -0.308 e. The lowest BCUT2D eigenvalue weighted by Gasteiger charge is -2.00. The van der Waals surface area contributed by atoms with E-state index in [2.05, 4.69) is 31.4 Å². The van der Waals surface area contributed by atoms with Gasteiger partial charge >= 0.3 is 0 Å². The van der Waals surface area contributed by atoms with Gasteiger partial charge in [0.2, 0.25) is 0 Å². The first kappa shape index (κ1) is 10.9. The molecule has 1 aliphatic carbocycles. The van der Waals surface area contributed by atoms with Crippen LogP contribution in [0, 0.1) is 0 Å². The van der Waals surface area contributed by atoms with Crippen molar-refractivity contribution in [1.29, 1.82) is 0 Å². The Kier molecular flexibility index (Phi) is 2.94. The molecule has 17 heavy (non-hydrogen) atoms. The third-order valence-electron chi connectivity index (χ3n) is 2.73. The van der Waals surface area contributed by atoms with Gasteiger partial charge in [0.05, 0.1) is 17.6 Å². The van der Waals surface area contributed by atoms with Gasteiger partial charge < -0.3 is 5.32 Å². The maximum absolute atomic E-state index is 4.44. The summed E-state index contributed by atoms with van der Waals surface area (Å²) in [5.74, 6) is 0. The first-order valence-electron chi connectivity index (χ1n) is 5.72. The molecule has 0 saturated heterocycles. The molecule has 1 aliphatic rings. The lowest BCUT2D eigenvalue weighted by atomic mass is 10.3. The molecule has 1 aromatic carbocycles. The zero-order chi connectivity index (χ0) is 11.7. The standard InChI is InChI=1S/C12H13BrN4/c13-9-2-1-3-12(6-9)17-15-8-11(16-17)7-14-10-4-5-10/h1-3,6,8,10,14H,4-5,7H2. The molecule has 0 aliphatic heterocycles. The average molecular weight is 293 g/mol. The van der Waals surface area contributed by atoms with E-state index >= 15 is 0 Å². The lowest BCUT2D eigenvalue weighted by molar-refractivity contribution is 0.658. The van der Waals surface area contributed by atoms with E-state index in [4.69, 9.17) is 0 Å². The Hall–Kier alpha value is -1.20. The molecule has 88 valence electrons. The van der Waals surface area contributed by atoms with Crippen LogP contribution in [-0.2, 0) is 6.54 Å². The summed E-state index contributed by atoms with van der Waals surface area (Å²) in [6, 6.07) is 8.65. The van der Waals surface area contributed by atoms with Crippen LogP contribution >= 0.6 is 15.9 Å². The van der Waals surface area contributed by atoms with E-state index in [-0.39, 0.29) is 0 Å². The Morgan fingerprint density at radius 3 is 3.06 bits per heavy atom. The minimum absolute atomic E-state index is 0.700. The second-order valence-electron chi connectivity index (χ2n) is 4.26. The third kappa shape index (κ3) is 2.73. The zero-order valence-electron chi connectivity index (χ0n) is 9.31. The second-order valence-corrected chi connectivity index (χ2v) is 5.18. The van der Waals surface area contributed by atoms with Crippen molar-refractivity contribution in [1.82, 2.24) is 20.3 Å². The molecule has 1 N–H and O–H groups in total. The lowest BCUT2D eigenvalue weighted by Crippen LogP contribution is -2.15. The molecule has 2 aromatic rings. The van der Waals surface area contributed by atoms with E-state index in [0.29, 0.717) is 6.04 Å². The Labute approximate surface area is 108 Å². The van der Waals surface area contributed by atoms with Gasteiger partial charge in [-0.3, -0.25) is 0 Å². The van der Waals surface area contributed by atoms with Crippen LogP contribution in [0.15, 0.2) is 34.9 Å². The predicted octanol–water partition coefficient (Wildman–Crippen LogP) is 2.28. The summed E-state index contributed by atoms with van der Waals surface area (Å²) in [6.45, 7) is 0.804. The molecular weight excluding hydrogens is 280 g/mol. The molecule has 0 bridgehead atoms. The van der Waals surface area contributed by atoms with Crippen LogP contribution in [0.5, 0.6) is 0 Å². The SMILES string of the molecule is Brc1cccc(-n2ncc(CNC3CC3)n2)c1. The van der Waals surface area contributed by atoms with Crippen LogP contribution < -0.4 is 5.32 Å². The number of rotatable bonds is 4. The summed E-state index contributed by atoms with van der Waals surface area (Å²) in [4.78, 5) is 1.66. The van der Waals surface area contributed by atoms with Crippen molar-refractivity contribution >= 4 is 15.9 Å². The summed E-state index contributed by atoms with van der Waals surface area (Å²) in [5.41, 5.74) is 1.95. The average Bonchev–Trinajstić information content (AvgIpc) is 3.04. The Balaban J connectivity index is 1.74. The summed E-state index contributed by atoms with van der Waals surface area (Å²) in [6.07, 6.45) is 4.40. The fraction of sp³-hybridized carbons (Fsp3) is 0.333. The highest BCUT2D eigenvalue weighted by Gasteiger charge is 2.20. The molecule has 1 heterocycles. The molecule has 0 spiro atoms. The van der Waals surface area contributed by atoms with Gasteiger partial charge in [-0.05, 0) is 31.0 Å². The molecule has 0 amide bonds. The van der Waals surface area contributed by atoms with E-state index in [0.717, 1.165) is 22.4 Å². The number of aromatic nitrogens is 3. The van der Waals surface area contributed by atoms with Gasteiger partial charge in [0.1, 0.15) is 0 Å². The van der Waals surface area contributed by atoms with Gasteiger partial charge in [-0.1, -0.05) is 22.0 Å². The highest BCUT2D eigenvalue weighted by molar-refractivity contribution is 9.10. The summed E-state index contributed by atoms with van der Waals surface area (Å²) < 4.78 is 1.03. The molecule has 4 nitrogen and oxygen atoms in total. The fourth-order valence-electron chi connectivity index (χ4n) is 1.64. The maximum Gasteiger partial charge on any atom is 0.0969 e. The van der Waals surface area contributed by atoms with Gasteiger partial charge in [0, 0.05) is 17.1 Å². The van der Waals surface area contributed by atoms with E-state index in [1.807, 2.05) is 30.5 Å². The summed E-state index contributed by atoms with van der Waals surface area (Å²) >= 11 is 3.44. The first-order chi connectivity index (χ1) is 8.31. The summed E-state index contributed by atoms with van der Waals surface area (Å²) in [7, 11) is 0. The quantitative estimate of drug-likeness (QED) is 0.940. The number of hydrogen-bond donors (Lipinski definition) is 1. The molecule has 1 fully saturated rings. The molecule has 0 radical (unpaired) electrons. The van der Waals surface area contributed by atoms with Gasteiger partial charge in [-0.15, -0.1) is 0 Å². The molecule has 1 aromatic heterocycles. The fourth-order valence-corrected chi connectivity index (χ4v) is 2.02. The molecule has 0 unspecified atom stereocenters. The van der Waals surface area contributed by atoms with Crippen molar-refractivity contribution in [3.8, 4) is 5.69 Å². The molecule has 5 heteroatoms. The first-order valence-corrected chi connectivity index (χ1v) is 6.51. The van der Waals surface area contributed by atoms with Crippen LogP contribution in [0.25, 0.3) is 5.69 Å². The number of halogens is 1. The number of hydrogen-bond acceptors (Lipinski definition) is 3. The van der Waals surface area contributed by atoms with Crippen molar-refractivity contribution in [3.63, 3.8) is 0 Å². The monoisotopic (exact) mass is 292 g/mol. The van der Waals surface area contributed by atoms with Gasteiger partial charge in [0.15, 0.2) is 0 Å². The molecule has 1 saturated carbocycles. The van der Waals surface area contributed by atoms with E-state index < -0.39 is 0 Å². The molecular formula is C12H13BrN4. The van der Waals surface area contributed by atoms with E-state index in [9.17, 15) is 0 Å². The Bertz CT molecular complexity index is 519. The predicted molar refractivity (Wildman–Crippen MR) is 68.9 cm³/mol. The Morgan fingerprint density at radius 2 is 2.29 bits per heavy atom. The van der Waals surface area contributed by atoms with Crippen LogP contribution in [0.2, 0.25) is 0 Å². The Morgan fingerprint density at radius 1 is 1.41 bits per heavy atom. The smallest absolute Gasteiger partial charge is 0.0969 e. The number of nitrogens with zero attached hydrogens (tertiary/aromatic N) is 3. The third-order valence-corrected chi connectivity index (χ3v) is 3.22. The van der Waals surface area contributed by atoms with E-state index in [1.165, 1.54) is 12.8 Å². The van der Waals surface area contributed by atoms with Crippen molar-refractivity contribution in [3.05, 3.63) is 40.6 Å². The normalized spacial score (nSPS) is 15.1. The number of benzene rings is 1. The van der Waals surface area contributed by atoms with Gasteiger partial charge in [-0.2, -0.15) is 15.0 Å².